The molecule has 0 saturated carbocycles. The van der Waals surface area contributed by atoms with Crippen LogP contribution in [0.4, 0.5) is 0 Å². The van der Waals surface area contributed by atoms with Crippen molar-refractivity contribution in [1.29, 1.82) is 5.26 Å². The second-order valence-corrected chi connectivity index (χ2v) is 5.83. The van der Waals surface area contributed by atoms with E-state index in [9.17, 15) is 0 Å². The van der Waals surface area contributed by atoms with Gasteiger partial charge in [0.25, 0.3) is 0 Å². The zero-order valence-corrected chi connectivity index (χ0v) is 12.1. The van der Waals surface area contributed by atoms with Crippen LogP contribution in [0.1, 0.15) is 40.8 Å². The van der Waals surface area contributed by atoms with Crippen LogP contribution in [0.15, 0.2) is 24.4 Å². The second-order valence-electron chi connectivity index (χ2n) is 4.71. The lowest BCUT2D eigenvalue weighted by Gasteiger charge is -2.14. The summed E-state index contributed by atoms with van der Waals surface area (Å²) >= 11 is 1.37. The molecule has 2 rings (SSSR count). The summed E-state index contributed by atoms with van der Waals surface area (Å²) in [4.78, 5) is 4.79. The minimum absolute atomic E-state index is 0.412. The number of ether oxygens (including phenoxy) is 1. The Morgan fingerprint density at radius 3 is 2.84 bits per heavy atom. The molecule has 19 heavy (non-hydrogen) atoms. The van der Waals surface area contributed by atoms with Crippen LogP contribution in [0, 0.1) is 18.3 Å². The molecule has 98 valence electrons. The van der Waals surface area contributed by atoms with Gasteiger partial charge in [-0.1, -0.05) is 26.0 Å². The van der Waals surface area contributed by atoms with Crippen LogP contribution in [0.3, 0.4) is 0 Å². The molecule has 1 aromatic carbocycles. The molecule has 0 unspecified atom stereocenters. The predicted octanol–water partition coefficient (Wildman–Crippen LogP) is 4.03. The van der Waals surface area contributed by atoms with E-state index in [4.69, 9.17) is 10.00 Å². The highest BCUT2D eigenvalue weighted by Crippen LogP contribution is 2.28. The summed E-state index contributed by atoms with van der Waals surface area (Å²) in [7, 11) is 0. The number of nitriles is 1. The lowest BCUT2D eigenvalue weighted by Crippen LogP contribution is -2.00. The highest BCUT2D eigenvalue weighted by atomic mass is 32.1. The molecule has 0 N–H and O–H groups in total. The minimum atomic E-state index is 0.412. The number of rotatable bonds is 4. The van der Waals surface area contributed by atoms with Gasteiger partial charge in [-0.05, 0) is 30.0 Å². The summed E-state index contributed by atoms with van der Waals surface area (Å²) in [5.41, 5.74) is 2.37. The standard InChI is InChI=1S/C15H16N2OS/c1-10(2)13-5-4-11(3)6-14(13)18-9-15-17-8-12(7-16)19-15/h4-6,8,10H,9H2,1-3H3. The molecule has 1 aromatic heterocycles. The van der Waals surface area contributed by atoms with Crippen LogP contribution in [0.5, 0.6) is 5.75 Å². The third-order valence-electron chi connectivity index (χ3n) is 2.81. The van der Waals surface area contributed by atoms with E-state index >= 15 is 0 Å². The molecular formula is C15H16N2OS. The molecule has 0 aliphatic heterocycles. The van der Waals surface area contributed by atoms with E-state index in [1.165, 1.54) is 22.5 Å². The van der Waals surface area contributed by atoms with Gasteiger partial charge in [-0.3, -0.25) is 0 Å². The van der Waals surface area contributed by atoms with Gasteiger partial charge in [-0.2, -0.15) is 5.26 Å². The Labute approximate surface area is 117 Å². The zero-order chi connectivity index (χ0) is 13.8. The summed E-state index contributed by atoms with van der Waals surface area (Å²) in [6, 6.07) is 8.34. The van der Waals surface area contributed by atoms with Gasteiger partial charge in [-0.15, -0.1) is 11.3 Å². The molecule has 0 radical (unpaired) electrons. The quantitative estimate of drug-likeness (QED) is 0.844. The molecule has 0 aliphatic rings. The smallest absolute Gasteiger partial charge is 0.140 e. The molecule has 0 atom stereocenters. The van der Waals surface area contributed by atoms with Crippen molar-refractivity contribution in [1.82, 2.24) is 4.98 Å². The van der Waals surface area contributed by atoms with Crippen molar-refractivity contribution in [3.05, 3.63) is 45.4 Å². The summed E-state index contributed by atoms with van der Waals surface area (Å²) in [6.45, 7) is 6.76. The Kier molecular flexibility index (Phi) is 4.18. The largest absolute Gasteiger partial charge is 0.486 e. The van der Waals surface area contributed by atoms with Crippen molar-refractivity contribution in [2.24, 2.45) is 0 Å². The van der Waals surface area contributed by atoms with Gasteiger partial charge < -0.3 is 4.74 Å². The minimum Gasteiger partial charge on any atom is -0.486 e. The number of aryl methyl sites for hydroxylation is 1. The Balaban J connectivity index is 2.14. The first-order valence-corrected chi connectivity index (χ1v) is 7.00. The average Bonchev–Trinajstić information content (AvgIpc) is 2.84. The maximum Gasteiger partial charge on any atom is 0.140 e. The van der Waals surface area contributed by atoms with Gasteiger partial charge in [-0.25, -0.2) is 4.98 Å². The second kappa shape index (κ2) is 5.85. The lowest BCUT2D eigenvalue weighted by molar-refractivity contribution is 0.301. The van der Waals surface area contributed by atoms with Crippen LogP contribution in [-0.2, 0) is 6.61 Å². The number of benzene rings is 1. The third kappa shape index (κ3) is 3.33. The first-order valence-electron chi connectivity index (χ1n) is 6.18. The van der Waals surface area contributed by atoms with Gasteiger partial charge in [0.05, 0.1) is 6.20 Å². The van der Waals surface area contributed by atoms with Crippen LogP contribution in [-0.4, -0.2) is 4.98 Å². The first-order chi connectivity index (χ1) is 9.10. The highest BCUT2D eigenvalue weighted by molar-refractivity contribution is 7.12. The summed E-state index contributed by atoms with van der Waals surface area (Å²) in [5.74, 6) is 1.32. The fourth-order valence-electron chi connectivity index (χ4n) is 1.81. The Morgan fingerprint density at radius 2 is 2.21 bits per heavy atom. The molecule has 0 aliphatic carbocycles. The molecule has 0 saturated heterocycles. The Hall–Kier alpha value is -1.86. The summed E-state index contributed by atoms with van der Waals surface area (Å²) < 4.78 is 5.86. The first kappa shape index (κ1) is 13.6. The van der Waals surface area contributed by atoms with E-state index in [0.717, 1.165) is 10.8 Å². The highest BCUT2D eigenvalue weighted by Gasteiger charge is 2.09. The molecule has 0 amide bonds. The third-order valence-corrected chi connectivity index (χ3v) is 3.68. The van der Waals surface area contributed by atoms with Crippen LogP contribution < -0.4 is 4.74 Å². The van der Waals surface area contributed by atoms with Crippen molar-refractivity contribution >= 4 is 11.3 Å². The number of thiazole rings is 1. The average molecular weight is 272 g/mol. The van der Waals surface area contributed by atoms with Crippen LogP contribution in [0.25, 0.3) is 0 Å². The van der Waals surface area contributed by atoms with Crippen molar-refractivity contribution in [3.63, 3.8) is 0 Å². The van der Waals surface area contributed by atoms with Gasteiger partial charge in [0.2, 0.25) is 0 Å². The van der Waals surface area contributed by atoms with Crippen LogP contribution in [0.2, 0.25) is 0 Å². The fourth-order valence-corrected chi connectivity index (χ4v) is 2.44. The van der Waals surface area contributed by atoms with E-state index in [1.54, 1.807) is 6.20 Å². The van der Waals surface area contributed by atoms with Gasteiger partial charge in [0, 0.05) is 0 Å². The zero-order valence-electron chi connectivity index (χ0n) is 11.3. The Bertz CT molecular complexity index is 611. The normalized spacial score (nSPS) is 10.5. The monoisotopic (exact) mass is 272 g/mol. The molecule has 4 heteroatoms. The van der Waals surface area contributed by atoms with E-state index < -0.39 is 0 Å². The molecule has 3 nitrogen and oxygen atoms in total. The van der Waals surface area contributed by atoms with Crippen molar-refractivity contribution < 1.29 is 4.74 Å². The van der Waals surface area contributed by atoms with E-state index in [1.807, 2.05) is 13.0 Å². The molecule has 0 spiro atoms. The van der Waals surface area contributed by atoms with Crippen LogP contribution >= 0.6 is 11.3 Å². The molecular weight excluding hydrogens is 256 g/mol. The maximum atomic E-state index is 8.77. The van der Waals surface area contributed by atoms with Gasteiger partial charge >= 0.3 is 0 Å². The summed E-state index contributed by atoms with van der Waals surface area (Å²) in [5, 5.41) is 9.60. The van der Waals surface area contributed by atoms with Crippen molar-refractivity contribution in [2.75, 3.05) is 0 Å². The van der Waals surface area contributed by atoms with E-state index in [0.29, 0.717) is 17.4 Å². The van der Waals surface area contributed by atoms with Crippen molar-refractivity contribution in [3.8, 4) is 11.8 Å². The van der Waals surface area contributed by atoms with E-state index in [2.05, 4.69) is 37.0 Å². The molecule has 2 aromatic rings. The van der Waals surface area contributed by atoms with Gasteiger partial charge in [0.1, 0.15) is 28.3 Å². The van der Waals surface area contributed by atoms with E-state index in [-0.39, 0.29) is 0 Å². The predicted molar refractivity (Wildman–Crippen MR) is 76.4 cm³/mol. The SMILES string of the molecule is Cc1ccc(C(C)C)c(OCc2ncc(C#N)s2)c1. The van der Waals surface area contributed by atoms with Crippen molar-refractivity contribution in [2.45, 2.75) is 33.3 Å². The number of aromatic nitrogens is 1. The molecule has 0 bridgehead atoms. The number of hydrogen-bond acceptors (Lipinski definition) is 4. The fraction of sp³-hybridized carbons (Fsp3) is 0.333. The lowest BCUT2D eigenvalue weighted by atomic mass is 10.0. The summed E-state index contributed by atoms with van der Waals surface area (Å²) in [6.07, 6.45) is 1.59. The maximum absolute atomic E-state index is 8.77. The number of hydrogen-bond donors (Lipinski definition) is 0. The molecule has 1 heterocycles. The van der Waals surface area contributed by atoms with Gasteiger partial charge in [0.15, 0.2) is 0 Å². The topological polar surface area (TPSA) is 45.9 Å². The number of nitrogens with zero attached hydrogens (tertiary/aromatic N) is 2. The molecule has 0 fully saturated rings. The Morgan fingerprint density at radius 1 is 1.42 bits per heavy atom.